The van der Waals surface area contributed by atoms with Gasteiger partial charge in [0.2, 0.25) is 11.8 Å². The van der Waals surface area contributed by atoms with Gasteiger partial charge in [-0.05, 0) is 121 Å². The Hall–Kier alpha value is -7.34. The number of aromatic hydroxyl groups is 2. The number of nitrogens with zero attached hydrogens (tertiary/aromatic N) is 1. The molecule has 2 N–H and O–H groups in total. The summed E-state index contributed by atoms with van der Waals surface area (Å²) in [4.78, 5) is 49.9. The largest absolute Gasteiger partial charge is 0.494 e. The molecule has 64 heavy (non-hydrogen) atoms. The highest BCUT2D eigenvalue weighted by Crippen LogP contribution is 2.42. The number of esters is 3. The van der Waals surface area contributed by atoms with Crippen LogP contribution in [0.1, 0.15) is 83.2 Å². The number of benzene rings is 5. The van der Waals surface area contributed by atoms with E-state index in [0.29, 0.717) is 43.5 Å². The van der Waals surface area contributed by atoms with Gasteiger partial charge in [-0.25, -0.2) is 14.4 Å². The van der Waals surface area contributed by atoms with Crippen LogP contribution in [0.25, 0.3) is 21.5 Å². The quantitative estimate of drug-likeness (QED) is 0.0244. The maximum atomic E-state index is 13.9. The molecule has 0 aliphatic carbocycles. The normalized spacial score (nSPS) is 10.9. The molecule has 0 aliphatic heterocycles. The topological polar surface area (TPSA) is 160 Å². The van der Waals surface area contributed by atoms with E-state index in [1.165, 1.54) is 4.57 Å². The highest BCUT2D eigenvalue weighted by Gasteiger charge is 2.29. The summed E-state index contributed by atoms with van der Waals surface area (Å²) < 4.78 is 29.0. The molecule has 1 aromatic heterocycles. The third-order valence-electron chi connectivity index (χ3n) is 10.6. The van der Waals surface area contributed by atoms with Gasteiger partial charge in [-0.1, -0.05) is 73.8 Å². The lowest BCUT2D eigenvalue weighted by molar-refractivity contribution is -0.138. The average molecular weight is 868 g/mol. The first-order chi connectivity index (χ1) is 31.1. The number of carbonyl (C=O) groups excluding carboxylic acids is 4. The Balaban J connectivity index is 1.10. The highest BCUT2D eigenvalue weighted by atomic mass is 16.5. The number of hydrogen-bond acceptors (Lipinski definition) is 11. The van der Waals surface area contributed by atoms with Crippen LogP contribution >= 0.6 is 0 Å². The van der Waals surface area contributed by atoms with Crippen molar-refractivity contribution in [3.8, 4) is 29.0 Å². The monoisotopic (exact) mass is 867 g/mol. The van der Waals surface area contributed by atoms with Crippen LogP contribution in [0, 0.1) is 0 Å². The molecule has 0 saturated carbocycles. The number of Topliss-reactive ketones (excluding diaryl/α,β-unsaturated/α-hetero) is 1. The second-order valence-electron chi connectivity index (χ2n) is 15.2. The van der Waals surface area contributed by atoms with E-state index in [9.17, 15) is 29.4 Å². The Morgan fingerprint density at radius 1 is 0.547 bits per heavy atom. The van der Waals surface area contributed by atoms with Gasteiger partial charge in [-0.15, -0.1) is 0 Å². The summed E-state index contributed by atoms with van der Waals surface area (Å²) in [7, 11) is 0. The molecular weight excluding hydrogens is 815 g/mol. The second kappa shape index (κ2) is 23.2. The minimum absolute atomic E-state index is 0.0212. The molecule has 0 bridgehead atoms. The van der Waals surface area contributed by atoms with E-state index in [0.717, 1.165) is 90.6 Å². The smallest absolute Gasteiger partial charge is 0.343 e. The van der Waals surface area contributed by atoms with Gasteiger partial charge in [0, 0.05) is 24.1 Å². The van der Waals surface area contributed by atoms with Gasteiger partial charge < -0.3 is 33.9 Å². The summed E-state index contributed by atoms with van der Waals surface area (Å²) in [6.45, 7) is 8.62. The van der Waals surface area contributed by atoms with Crippen molar-refractivity contribution in [3.05, 3.63) is 151 Å². The van der Waals surface area contributed by atoms with Crippen molar-refractivity contribution >= 4 is 45.2 Å². The van der Waals surface area contributed by atoms with Gasteiger partial charge in [0.05, 0.1) is 44.1 Å². The molecular formula is C52H53NO11. The molecule has 12 nitrogen and oxygen atoms in total. The van der Waals surface area contributed by atoms with E-state index >= 15 is 0 Å². The molecule has 0 fully saturated rings. The Kier molecular flexibility index (Phi) is 16.7. The van der Waals surface area contributed by atoms with E-state index in [2.05, 4.69) is 13.2 Å². The minimum atomic E-state index is -0.780. The lowest BCUT2D eigenvalue weighted by atomic mass is 10.0. The van der Waals surface area contributed by atoms with Gasteiger partial charge in [-0.2, -0.15) is 0 Å². The maximum Gasteiger partial charge on any atom is 0.343 e. The third-order valence-corrected chi connectivity index (χ3v) is 10.6. The summed E-state index contributed by atoms with van der Waals surface area (Å²) in [6.07, 6.45) is 8.84. The lowest BCUT2D eigenvalue weighted by Crippen LogP contribution is -2.11. The van der Waals surface area contributed by atoms with Crippen molar-refractivity contribution in [2.75, 3.05) is 26.4 Å². The zero-order valence-electron chi connectivity index (χ0n) is 35.8. The zero-order chi connectivity index (χ0) is 45.3. The Bertz CT molecular complexity index is 2440. The highest BCUT2D eigenvalue weighted by molar-refractivity contribution is 6.02. The summed E-state index contributed by atoms with van der Waals surface area (Å²) in [5, 5.41) is 26.3. The first-order valence-corrected chi connectivity index (χ1v) is 21.5. The molecule has 6 aromatic rings. The molecule has 0 amide bonds. The van der Waals surface area contributed by atoms with Crippen LogP contribution in [-0.2, 0) is 32.0 Å². The summed E-state index contributed by atoms with van der Waals surface area (Å²) in [5.74, 6) is -1.77. The SMILES string of the molecule is C=CC(=O)OCCCCCCOc1ccc2cc(C(=O)Cc3c(OC(=O)c4ccc5cc(OCCCCCCOC(=O)C=C)ccc5c4)c(O)n(Cc4ccccc4)c3O)ccc2c1. The molecule has 12 heteroatoms. The van der Waals surface area contributed by atoms with E-state index in [-0.39, 0.29) is 35.6 Å². The molecule has 1 heterocycles. The zero-order valence-corrected chi connectivity index (χ0v) is 35.8. The molecule has 332 valence electrons. The standard InChI is InChI=1S/C52H53NO11/c1-3-47(55)62-28-14-7-5-12-26-60-43-24-22-37-30-41(20-18-39(37)32-43)46(54)34-45-49(51(58)53(50(45)57)35-36-16-10-9-11-17-36)64-52(59)42-21-19-40-33-44(25-23-38(40)31-42)61-27-13-6-8-15-29-63-48(56)4-2/h3-4,9-11,16-25,30-33,57-58H,1-2,5-8,12-15,26-29,34-35H2. The van der Waals surface area contributed by atoms with Crippen LogP contribution in [0.15, 0.2) is 128 Å². The first-order valence-electron chi connectivity index (χ1n) is 21.5. The Morgan fingerprint density at radius 2 is 1.03 bits per heavy atom. The third kappa shape index (κ3) is 12.9. The van der Waals surface area contributed by atoms with Crippen molar-refractivity contribution in [1.29, 1.82) is 0 Å². The number of fused-ring (bicyclic) bond motifs is 2. The fourth-order valence-electron chi connectivity index (χ4n) is 7.11. The number of hydrogen-bond donors (Lipinski definition) is 2. The van der Waals surface area contributed by atoms with Crippen LogP contribution in [0.3, 0.4) is 0 Å². The summed E-state index contributed by atoms with van der Waals surface area (Å²) >= 11 is 0. The van der Waals surface area contributed by atoms with Crippen LogP contribution in [0.2, 0.25) is 0 Å². The fraction of sp³-hybridized carbons (Fsp3) is 0.269. The van der Waals surface area contributed by atoms with Crippen LogP contribution in [0.5, 0.6) is 29.0 Å². The first kappa shape index (κ1) is 46.2. The van der Waals surface area contributed by atoms with E-state index in [4.69, 9.17) is 23.7 Å². The van der Waals surface area contributed by atoms with Crippen LogP contribution in [-0.4, -0.2) is 64.9 Å². The number of rotatable bonds is 25. The number of ketones is 1. The molecule has 6 rings (SSSR count). The van der Waals surface area contributed by atoms with Crippen molar-refractivity contribution in [1.82, 2.24) is 4.57 Å². The van der Waals surface area contributed by atoms with Gasteiger partial charge in [-0.3, -0.25) is 9.36 Å². The molecule has 0 radical (unpaired) electrons. The van der Waals surface area contributed by atoms with Crippen molar-refractivity contribution in [2.45, 2.75) is 64.3 Å². The maximum absolute atomic E-state index is 13.9. The van der Waals surface area contributed by atoms with Crippen molar-refractivity contribution < 1.29 is 53.1 Å². The number of carbonyl (C=O) groups is 4. The average Bonchev–Trinajstić information content (AvgIpc) is 3.52. The van der Waals surface area contributed by atoms with Crippen LogP contribution < -0.4 is 14.2 Å². The van der Waals surface area contributed by atoms with Crippen molar-refractivity contribution in [3.63, 3.8) is 0 Å². The molecule has 0 aliphatic rings. The number of unbranched alkanes of at least 4 members (excludes halogenated alkanes) is 6. The molecule has 0 spiro atoms. The molecule has 0 saturated heterocycles. The van der Waals surface area contributed by atoms with Crippen LogP contribution in [0.4, 0.5) is 0 Å². The van der Waals surface area contributed by atoms with E-state index < -0.39 is 29.7 Å². The molecule has 5 aromatic carbocycles. The Labute approximate surface area is 372 Å². The van der Waals surface area contributed by atoms with E-state index in [1.807, 2.05) is 72.8 Å². The Morgan fingerprint density at radius 3 is 1.58 bits per heavy atom. The van der Waals surface area contributed by atoms with Gasteiger partial charge in [0.1, 0.15) is 11.5 Å². The summed E-state index contributed by atoms with van der Waals surface area (Å²) in [5.41, 5.74) is 1.32. The van der Waals surface area contributed by atoms with Gasteiger partial charge in [0.25, 0.3) is 0 Å². The number of aromatic nitrogens is 1. The molecule has 0 unspecified atom stereocenters. The van der Waals surface area contributed by atoms with Crippen molar-refractivity contribution in [2.24, 2.45) is 0 Å². The summed E-state index contributed by atoms with van der Waals surface area (Å²) in [6, 6.07) is 30.7. The predicted octanol–water partition coefficient (Wildman–Crippen LogP) is 10.2. The van der Waals surface area contributed by atoms with E-state index in [1.54, 1.807) is 30.3 Å². The van der Waals surface area contributed by atoms with Gasteiger partial charge in [0.15, 0.2) is 11.5 Å². The lowest BCUT2D eigenvalue weighted by Gasteiger charge is -2.10. The minimum Gasteiger partial charge on any atom is -0.494 e. The fourth-order valence-corrected chi connectivity index (χ4v) is 7.11. The second-order valence-corrected chi connectivity index (χ2v) is 15.2. The van der Waals surface area contributed by atoms with Gasteiger partial charge >= 0.3 is 17.9 Å². The molecule has 0 atom stereocenters. The number of ether oxygens (including phenoxy) is 5. The predicted molar refractivity (Wildman–Crippen MR) is 244 cm³/mol.